The van der Waals surface area contributed by atoms with Crippen molar-refractivity contribution < 1.29 is 9.53 Å². The normalized spacial score (nSPS) is 20.7. The topological polar surface area (TPSA) is 29.5 Å². The fourth-order valence-electron chi connectivity index (χ4n) is 1.26. The zero-order chi connectivity index (χ0) is 10.6. The highest BCUT2D eigenvalue weighted by molar-refractivity contribution is 8.23. The predicted octanol–water partition coefficient (Wildman–Crippen LogP) is 1.66. The molecule has 1 heterocycles. The van der Waals surface area contributed by atoms with Crippen LogP contribution in [0, 0.1) is 0 Å². The molecule has 5 heteroatoms. The van der Waals surface area contributed by atoms with Crippen LogP contribution in [0.3, 0.4) is 0 Å². The van der Waals surface area contributed by atoms with Crippen LogP contribution in [-0.2, 0) is 9.53 Å². The summed E-state index contributed by atoms with van der Waals surface area (Å²) in [5, 5.41) is -0.0805. The van der Waals surface area contributed by atoms with E-state index in [2.05, 4.69) is 18.7 Å². The monoisotopic (exact) mass is 233 g/mol. The number of carbonyl (C=O) groups excluding carboxylic acids is 1. The summed E-state index contributed by atoms with van der Waals surface area (Å²) in [5.74, 6) is -0.121. The zero-order valence-electron chi connectivity index (χ0n) is 8.49. The van der Waals surface area contributed by atoms with Crippen LogP contribution in [0.15, 0.2) is 0 Å². The smallest absolute Gasteiger partial charge is 0.319 e. The molecule has 1 saturated heterocycles. The van der Waals surface area contributed by atoms with Gasteiger partial charge in [0.15, 0.2) is 0 Å². The van der Waals surface area contributed by atoms with Crippen molar-refractivity contribution >= 4 is 34.3 Å². The summed E-state index contributed by atoms with van der Waals surface area (Å²) in [6.45, 7) is 6.44. The molecule has 14 heavy (non-hydrogen) atoms. The zero-order valence-corrected chi connectivity index (χ0v) is 10.1. The maximum atomic E-state index is 11.2. The third-order valence-electron chi connectivity index (χ3n) is 2.15. The second-order valence-corrected chi connectivity index (χ2v) is 4.84. The summed E-state index contributed by atoms with van der Waals surface area (Å²) >= 11 is 6.70. The standard InChI is InChI=1S/C9H15NO2S2/c1-3-10(4-2)9(13)14-7-5-6-12-8(7)11/h7H,3-6H2,1-2H3. The van der Waals surface area contributed by atoms with Crippen molar-refractivity contribution in [1.29, 1.82) is 0 Å². The first-order valence-electron chi connectivity index (χ1n) is 4.81. The van der Waals surface area contributed by atoms with Crippen LogP contribution in [0.4, 0.5) is 0 Å². The molecule has 0 spiro atoms. The van der Waals surface area contributed by atoms with E-state index in [0.717, 1.165) is 23.8 Å². The van der Waals surface area contributed by atoms with Crippen molar-refractivity contribution in [2.45, 2.75) is 25.5 Å². The quantitative estimate of drug-likeness (QED) is 0.546. The Morgan fingerprint density at radius 1 is 1.64 bits per heavy atom. The molecule has 80 valence electrons. The van der Waals surface area contributed by atoms with Crippen LogP contribution in [-0.4, -0.2) is 40.1 Å². The molecule has 0 N–H and O–H groups in total. The lowest BCUT2D eigenvalue weighted by molar-refractivity contribution is -0.137. The van der Waals surface area contributed by atoms with Gasteiger partial charge in [0.05, 0.1) is 6.61 Å². The summed E-state index contributed by atoms with van der Waals surface area (Å²) < 4.78 is 5.68. The molecule has 0 amide bonds. The number of nitrogens with zero attached hydrogens (tertiary/aromatic N) is 1. The number of cyclic esters (lactones) is 1. The van der Waals surface area contributed by atoms with Crippen molar-refractivity contribution in [2.75, 3.05) is 19.7 Å². The third kappa shape index (κ3) is 2.85. The van der Waals surface area contributed by atoms with Crippen LogP contribution in [0.2, 0.25) is 0 Å². The van der Waals surface area contributed by atoms with E-state index in [1.54, 1.807) is 0 Å². The lowest BCUT2D eigenvalue weighted by Gasteiger charge is -2.21. The van der Waals surface area contributed by atoms with Gasteiger partial charge in [-0.3, -0.25) is 4.79 Å². The molecule has 0 saturated carbocycles. The Balaban J connectivity index is 2.43. The van der Waals surface area contributed by atoms with Crippen molar-refractivity contribution in [1.82, 2.24) is 4.90 Å². The molecule has 0 aromatic carbocycles. The summed E-state index contributed by atoms with van der Waals surface area (Å²) in [4.78, 5) is 13.3. The van der Waals surface area contributed by atoms with Gasteiger partial charge >= 0.3 is 5.97 Å². The minimum absolute atomic E-state index is 0.0805. The molecule has 1 fully saturated rings. The van der Waals surface area contributed by atoms with E-state index in [1.807, 2.05) is 0 Å². The number of carbonyl (C=O) groups is 1. The number of rotatable bonds is 3. The molecule has 1 atom stereocenters. The third-order valence-corrected chi connectivity index (χ3v) is 3.87. The molecule has 1 aliphatic rings. The van der Waals surface area contributed by atoms with Crippen molar-refractivity contribution in [2.24, 2.45) is 0 Å². The van der Waals surface area contributed by atoms with Gasteiger partial charge in [-0.05, 0) is 13.8 Å². The van der Waals surface area contributed by atoms with Gasteiger partial charge in [0.25, 0.3) is 0 Å². The molecule has 1 unspecified atom stereocenters. The Kier molecular flexibility index (Phi) is 4.68. The fraction of sp³-hybridized carbons (Fsp3) is 0.778. The fourth-order valence-corrected chi connectivity index (χ4v) is 2.90. The number of thiocarbonyl (C=S) groups is 1. The highest BCUT2D eigenvalue weighted by Crippen LogP contribution is 2.24. The van der Waals surface area contributed by atoms with Crippen LogP contribution >= 0.6 is 24.0 Å². The van der Waals surface area contributed by atoms with E-state index in [9.17, 15) is 4.79 Å². The minimum Gasteiger partial charge on any atom is -0.465 e. The van der Waals surface area contributed by atoms with E-state index in [4.69, 9.17) is 17.0 Å². The first kappa shape index (κ1) is 11.8. The molecule has 0 bridgehead atoms. The molecule has 1 aliphatic heterocycles. The van der Waals surface area contributed by atoms with Crippen LogP contribution in [0.5, 0.6) is 0 Å². The van der Waals surface area contributed by atoms with Crippen molar-refractivity contribution in [3.63, 3.8) is 0 Å². The Morgan fingerprint density at radius 2 is 2.29 bits per heavy atom. The highest BCUT2D eigenvalue weighted by Gasteiger charge is 2.29. The molecule has 0 aromatic rings. The SMILES string of the molecule is CCN(CC)C(=S)SC1CCOC1=O. The lowest BCUT2D eigenvalue weighted by Crippen LogP contribution is -2.29. The number of ether oxygens (including phenoxy) is 1. The summed E-state index contributed by atoms with van der Waals surface area (Å²) in [5.41, 5.74) is 0. The summed E-state index contributed by atoms with van der Waals surface area (Å²) in [6, 6.07) is 0. The molecule has 0 aliphatic carbocycles. The van der Waals surface area contributed by atoms with E-state index in [1.165, 1.54) is 11.8 Å². The maximum Gasteiger partial charge on any atom is 0.319 e. The van der Waals surface area contributed by atoms with E-state index >= 15 is 0 Å². The number of thioether (sulfide) groups is 1. The largest absolute Gasteiger partial charge is 0.465 e. The molecule has 1 rings (SSSR count). The average molecular weight is 233 g/mol. The molecule has 0 radical (unpaired) electrons. The van der Waals surface area contributed by atoms with E-state index in [0.29, 0.717) is 6.61 Å². The van der Waals surface area contributed by atoms with Crippen LogP contribution < -0.4 is 0 Å². The summed E-state index contributed by atoms with van der Waals surface area (Å²) in [7, 11) is 0. The first-order chi connectivity index (χ1) is 6.69. The van der Waals surface area contributed by atoms with Gasteiger partial charge < -0.3 is 9.64 Å². The molecule has 3 nitrogen and oxygen atoms in total. The van der Waals surface area contributed by atoms with Gasteiger partial charge in [0, 0.05) is 19.5 Å². The second kappa shape index (κ2) is 5.56. The molecule has 0 aromatic heterocycles. The predicted molar refractivity (Wildman–Crippen MR) is 62.5 cm³/mol. The first-order valence-corrected chi connectivity index (χ1v) is 6.10. The van der Waals surface area contributed by atoms with Crippen molar-refractivity contribution in [3.8, 4) is 0 Å². The van der Waals surface area contributed by atoms with Gasteiger partial charge in [-0.15, -0.1) is 0 Å². The van der Waals surface area contributed by atoms with Gasteiger partial charge in [0.1, 0.15) is 9.57 Å². The van der Waals surface area contributed by atoms with Gasteiger partial charge in [0.2, 0.25) is 0 Å². The van der Waals surface area contributed by atoms with Crippen LogP contribution in [0.1, 0.15) is 20.3 Å². The maximum absolute atomic E-state index is 11.2. The Hall–Kier alpha value is -0.290. The molecular weight excluding hydrogens is 218 g/mol. The van der Waals surface area contributed by atoms with E-state index < -0.39 is 0 Å². The van der Waals surface area contributed by atoms with Crippen LogP contribution in [0.25, 0.3) is 0 Å². The average Bonchev–Trinajstić information content (AvgIpc) is 2.54. The Labute approximate surface area is 94.2 Å². The minimum atomic E-state index is -0.121. The number of hydrogen-bond acceptors (Lipinski definition) is 4. The van der Waals surface area contributed by atoms with Crippen molar-refractivity contribution in [3.05, 3.63) is 0 Å². The summed E-state index contributed by atoms with van der Waals surface area (Å²) in [6.07, 6.45) is 0.783. The number of esters is 1. The highest BCUT2D eigenvalue weighted by atomic mass is 32.2. The van der Waals surface area contributed by atoms with Gasteiger partial charge in [-0.1, -0.05) is 24.0 Å². The van der Waals surface area contributed by atoms with Gasteiger partial charge in [-0.25, -0.2) is 0 Å². The van der Waals surface area contributed by atoms with Gasteiger partial charge in [-0.2, -0.15) is 0 Å². The second-order valence-electron chi connectivity index (χ2n) is 3.00. The van der Waals surface area contributed by atoms with E-state index in [-0.39, 0.29) is 11.2 Å². The Bertz CT molecular complexity index is 229. The number of hydrogen-bond donors (Lipinski definition) is 0. The lowest BCUT2D eigenvalue weighted by atomic mass is 10.4. The molecular formula is C9H15NO2S2. The Morgan fingerprint density at radius 3 is 2.71 bits per heavy atom.